The van der Waals surface area contributed by atoms with Crippen LogP contribution < -0.4 is 5.32 Å². The fraction of sp³-hybridized carbons (Fsp3) is 0.840. The van der Waals surface area contributed by atoms with Crippen LogP contribution in [0, 0.1) is 10.8 Å². The van der Waals surface area contributed by atoms with E-state index in [1.165, 1.54) is 12.8 Å². The van der Waals surface area contributed by atoms with E-state index in [0.29, 0.717) is 12.5 Å². The van der Waals surface area contributed by atoms with Crippen molar-refractivity contribution in [3.63, 3.8) is 0 Å². The molecule has 34 heavy (non-hydrogen) atoms. The van der Waals surface area contributed by atoms with Gasteiger partial charge in [0.25, 0.3) is 0 Å². The van der Waals surface area contributed by atoms with Crippen LogP contribution in [0.15, 0.2) is 6.20 Å². The molecule has 0 spiro atoms. The molecule has 3 fully saturated rings. The summed E-state index contributed by atoms with van der Waals surface area (Å²) in [6.45, 7) is 14.2. The molecule has 1 aromatic rings. The van der Waals surface area contributed by atoms with E-state index in [0.717, 1.165) is 38.2 Å². The maximum absolute atomic E-state index is 13.8. The number of carbonyl (C=O) groups excluding carboxylic acids is 2. The summed E-state index contributed by atoms with van der Waals surface area (Å²) in [4.78, 5) is 31.1. The number of carbonyl (C=O) groups is 2. The molecule has 9 heteroatoms. The number of aromatic nitrogens is 3. The Morgan fingerprint density at radius 2 is 1.85 bits per heavy atom. The van der Waals surface area contributed by atoms with Crippen molar-refractivity contribution in [3.8, 4) is 0 Å². The number of nitrogens with one attached hydrogen (secondary N) is 1. The van der Waals surface area contributed by atoms with Gasteiger partial charge in [-0.05, 0) is 49.6 Å². The molecule has 4 rings (SSSR count). The maximum Gasteiger partial charge on any atom is 0.248 e. The molecule has 2 saturated heterocycles. The Morgan fingerprint density at radius 3 is 2.47 bits per heavy atom. The van der Waals surface area contributed by atoms with Gasteiger partial charge < -0.3 is 20.2 Å². The van der Waals surface area contributed by atoms with E-state index in [4.69, 9.17) is 0 Å². The molecule has 3 heterocycles. The number of hydrogen-bond acceptors (Lipinski definition) is 6. The first-order valence-electron chi connectivity index (χ1n) is 12.8. The molecule has 2 amide bonds. The zero-order valence-electron chi connectivity index (χ0n) is 21.5. The van der Waals surface area contributed by atoms with Gasteiger partial charge in [-0.3, -0.25) is 9.59 Å². The highest BCUT2D eigenvalue weighted by atomic mass is 16.3. The minimum atomic E-state index is -0.712. The first kappa shape index (κ1) is 25.1. The first-order chi connectivity index (χ1) is 15.9. The second kappa shape index (κ2) is 9.57. The van der Waals surface area contributed by atoms with E-state index in [2.05, 4.69) is 34.4 Å². The minimum Gasteiger partial charge on any atom is -0.391 e. The third-order valence-corrected chi connectivity index (χ3v) is 7.30. The molecule has 0 aromatic carbocycles. The number of amides is 2. The van der Waals surface area contributed by atoms with Gasteiger partial charge in [-0.15, -0.1) is 5.10 Å². The monoisotopic (exact) mass is 474 g/mol. The quantitative estimate of drug-likeness (QED) is 0.597. The Bertz CT molecular complexity index is 881. The standard InChI is InChI=1S/C25H42N6O3/c1-24(2,3)21(31-14-19(27-28-31)17-8-9-17)23(34)30-13-18(32)12-20(30)22(33)26-15-25(4,5)16-29-10-6-7-11-29/h14,17-18,20-21,32H,6-13,15-16H2,1-5H3,(H,26,33)/t18-,20+,21-/m1/s1. The van der Waals surface area contributed by atoms with Crippen LogP contribution in [0.5, 0.6) is 0 Å². The summed E-state index contributed by atoms with van der Waals surface area (Å²) in [6.07, 6.45) is 6.13. The Morgan fingerprint density at radius 1 is 1.18 bits per heavy atom. The van der Waals surface area contributed by atoms with Crippen molar-refractivity contribution in [1.29, 1.82) is 0 Å². The largest absolute Gasteiger partial charge is 0.391 e. The Labute approximate surface area is 203 Å². The number of likely N-dealkylation sites (tertiary alicyclic amines) is 2. The van der Waals surface area contributed by atoms with Crippen LogP contribution >= 0.6 is 0 Å². The van der Waals surface area contributed by atoms with Gasteiger partial charge in [0.1, 0.15) is 12.1 Å². The zero-order chi connectivity index (χ0) is 24.7. The van der Waals surface area contributed by atoms with E-state index in [9.17, 15) is 14.7 Å². The van der Waals surface area contributed by atoms with E-state index in [-0.39, 0.29) is 30.2 Å². The molecular formula is C25H42N6O3. The number of β-amino-alcohol motifs (C(OH)–C–C–N with tert-alkyl or cyclic N) is 1. The molecule has 1 saturated carbocycles. The van der Waals surface area contributed by atoms with Crippen molar-refractivity contribution < 1.29 is 14.7 Å². The number of hydrogen-bond donors (Lipinski definition) is 2. The van der Waals surface area contributed by atoms with E-state index in [1.807, 2.05) is 27.0 Å². The highest BCUT2D eigenvalue weighted by Crippen LogP contribution is 2.40. The van der Waals surface area contributed by atoms with Gasteiger partial charge in [0.2, 0.25) is 11.8 Å². The third-order valence-electron chi connectivity index (χ3n) is 7.30. The van der Waals surface area contributed by atoms with Gasteiger partial charge in [-0.2, -0.15) is 0 Å². The first-order valence-corrected chi connectivity index (χ1v) is 12.8. The lowest BCUT2D eigenvalue weighted by atomic mass is 9.85. The number of aliphatic hydroxyl groups is 1. The normalized spacial score (nSPS) is 25.1. The van der Waals surface area contributed by atoms with Gasteiger partial charge in [-0.25, -0.2) is 4.68 Å². The summed E-state index contributed by atoms with van der Waals surface area (Å²) in [5.74, 6) is 0.0672. The summed E-state index contributed by atoms with van der Waals surface area (Å²) in [5, 5.41) is 22.1. The van der Waals surface area contributed by atoms with Crippen molar-refractivity contribution in [2.75, 3.05) is 32.7 Å². The molecule has 9 nitrogen and oxygen atoms in total. The fourth-order valence-electron chi connectivity index (χ4n) is 5.37. The average molecular weight is 475 g/mol. The van der Waals surface area contributed by atoms with Gasteiger partial charge in [0.15, 0.2) is 0 Å². The van der Waals surface area contributed by atoms with Crippen LogP contribution in [0.25, 0.3) is 0 Å². The van der Waals surface area contributed by atoms with Crippen molar-refractivity contribution in [2.24, 2.45) is 10.8 Å². The van der Waals surface area contributed by atoms with Crippen LogP contribution in [0.1, 0.15) is 84.4 Å². The highest BCUT2D eigenvalue weighted by molar-refractivity contribution is 5.90. The number of rotatable bonds is 8. The van der Waals surface area contributed by atoms with Crippen LogP contribution in [-0.4, -0.2) is 86.6 Å². The predicted molar refractivity (Wildman–Crippen MR) is 129 cm³/mol. The summed E-state index contributed by atoms with van der Waals surface area (Å²) in [6, 6.07) is -1.28. The van der Waals surface area contributed by atoms with E-state index >= 15 is 0 Å². The molecule has 1 aromatic heterocycles. The van der Waals surface area contributed by atoms with Crippen LogP contribution in [0.4, 0.5) is 0 Å². The zero-order valence-corrected chi connectivity index (χ0v) is 21.5. The number of aliphatic hydroxyl groups excluding tert-OH is 1. The minimum absolute atomic E-state index is 0.0695. The third kappa shape index (κ3) is 5.79. The smallest absolute Gasteiger partial charge is 0.248 e. The Kier molecular flexibility index (Phi) is 7.06. The summed E-state index contributed by atoms with van der Waals surface area (Å²) in [5.41, 5.74) is 0.427. The SMILES string of the molecule is CC(C)(CNC(=O)[C@@H]1C[C@@H](O)CN1C(=O)[C@@H](n1cc(C2CC2)nn1)C(C)(C)C)CN1CCCC1. The molecular weight excluding hydrogens is 432 g/mol. The molecule has 0 bridgehead atoms. The second-order valence-electron chi connectivity index (χ2n) is 12.4. The summed E-state index contributed by atoms with van der Waals surface area (Å²) < 4.78 is 1.66. The molecule has 3 atom stereocenters. The maximum atomic E-state index is 13.8. The lowest BCUT2D eigenvalue weighted by Gasteiger charge is -2.35. The topological polar surface area (TPSA) is 104 Å². The van der Waals surface area contributed by atoms with Gasteiger partial charge in [0.05, 0.1) is 11.8 Å². The van der Waals surface area contributed by atoms with Gasteiger partial charge in [0, 0.05) is 38.2 Å². The Hall–Kier alpha value is -2.00. The van der Waals surface area contributed by atoms with Crippen molar-refractivity contribution >= 4 is 11.8 Å². The summed E-state index contributed by atoms with van der Waals surface area (Å²) >= 11 is 0. The Balaban J connectivity index is 1.45. The van der Waals surface area contributed by atoms with Crippen LogP contribution in [0.2, 0.25) is 0 Å². The predicted octanol–water partition coefficient (Wildman–Crippen LogP) is 1.94. The van der Waals surface area contributed by atoms with Crippen molar-refractivity contribution in [1.82, 2.24) is 30.1 Å². The fourth-order valence-corrected chi connectivity index (χ4v) is 5.37. The van der Waals surface area contributed by atoms with Crippen LogP contribution in [0.3, 0.4) is 0 Å². The number of nitrogens with zero attached hydrogens (tertiary/aromatic N) is 5. The molecule has 0 radical (unpaired) electrons. The van der Waals surface area contributed by atoms with E-state index < -0.39 is 23.6 Å². The lowest BCUT2D eigenvalue weighted by molar-refractivity contribution is -0.144. The molecule has 190 valence electrons. The molecule has 1 aliphatic carbocycles. The molecule has 3 aliphatic rings. The highest BCUT2D eigenvalue weighted by Gasteiger charge is 2.45. The summed E-state index contributed by atoms with van der Waals surface area (Å²) in [7, 11) is 0. The molecule has 0 unspecified atom stereocenters. The van der Waals surface area contributed by atoms with Crippen molar-refractivity contribution in [2.45, 2.75) is 90.8 Å². The van der Waals surface area contributed by atoms with E-state index in [1.54, 1.807) is 9.58 Å². The van der Waals surface area contributed by atoms with Crippen molar-refractivity contribution in [3.05, 3.63) is 11.9 Å². The average Bonchev–Trinajstić information content (AvgIpc) is 3.11. The van der Waals surface area contributed by atoms with Gasteiger partial charge >= 0.3 is 0 Å². The van der Waals surface area contributed by atoms with Crippen LogP contribution in [-0.2, 0) is 9.59 Å². The molecule has 2 aliphatic heterocycles. The second-order valence-corrected chi connectivity index (χ2v) is 12.4. The lowest BCUT2D eigenvalue weighted by Crippen LogP contribution is -2.52. The van der Waals surface area contributed by atoms with Gasteiger partial charge in [-0.1, -0.05) is 39.8 Å². The molecule has 2 N–H and O–H groups in total.